The predicted molar refractivity (Wildman–Crippen MR) is 84.5 cm³/mol. The molecule has 114 valence electrons. The second-order valence-electron chi connectivity index (χ2n) is 4.67. The molecule has 7 heteroatoms. The van der Waals surface area contributed by atoms with Crippen molar-refractivity contribution in [1.29, 1.82) is 0 Å². The molecule has 2 heterocycles. The SMILES string of the molecule is CCOCCNc1nc2c(cnn2-c2ccccc2)c(=O)[nH]1. The number of nitrogens with zero attached hydrogens (tertiary/aromatic N) is 3. The molecule has 0 aliphatic heterocycles. The third kappa shape index (κ3) is 2.84. The zero-order chi connectivity index (χ0) is 15.4. The number of benzene rings is 1. The van der Waals surface area contributed by atoms with Crippen LogP contribution in [0.4, 0.5) is 5.95 Å². The Bertz CT molecular complexity index is 810. The Morgan fingerprint density at radius 3 is 2.91 bits per heavy atom. The molecule has 0 unspecified atom stereocenters. The van der Waals surface area contributed by atoms with Crippen LogP contribution in [0.2, 0.25) is 0 Å². The molecule has 0 saturated heterocycles. The van der Waals surface area contributed by atoms with Crippen molar-refractivity contribution in [3.63, 3.8) is 0 Å². The van der Waals surface area contributed by atoms with Crippen molar-refractivity contribution >= 4 is 17.0 Å². The Balaban J connectivity index is 1.95. The smallest absolute Gasteiger partial charge is 0.263 e. The highest BCUT2D eigenvalue weighted by Gasteiger charge is 2.11. The fourth-order valence-electron chi connectivity index (χ4n) is 2.15. The highest BCUT2D eigenvalue weighted by molar-refractivity contribution is 5.76. The van der Waals surface area contributed by atoms with Gasteiger partial charge in [0.2, 0.25) is 5.95 Å². The van der Waals surface area contributed by atoms with E-state index in [0.717, 1.165) is 5.69 Å². The number of para-hydroxylation sites is 1. The van der Waals surface area contributed by atoms with Gasteiger partial charge in [0.25, 0.3) is 5.56 Å². The summed E-state index contributed by atoms with van der Waals surface area (Å²) in [7, 11) is 0. The van der Waals surface area contributed by atoms with Crippen molar-refractivity contribution in [3.05, 3.63) is 46.9 Å². The van der Waals surface area contributed by atoms with Gasteiger partial charge >= 0.3 is 0 Å². The van der Waals surface area contributed by atoms with Gasteiger partial charge in [-0.2, -0.15) is 10.1 Å². The molecule has 2 N–H and O–H groups in total. The zero-order valence-electron chi connectivity index (χ0n) is 12.2. The Labute approximate surface area is 127 Å². The Hall–Kier alpha value is -2.67. The fourth-order valence-corrected chi connectivity index (χ4v) is 2.15. The summed E-state index contributed by atoms with van der Waals surface area (Å²) in [5.41, 5.74) is 1.16. The van der Waals surface area contributed by atoms with E-state index in [1.54, 1.807) is 4.68 Å². The van der Waals surface area contributed by atoms with E-state index >= 15 is 0 Å². The van der Waals surface area contributed by atoms with E-state index in [-0.39, 0.29) is 5.56 Å². The first kappa shape index (κ1) is 14.3. The van der Waals surface area contributed by atoms with Crippen LogP contribution in [0.1, 0.15) is 6.92 Å². The lowest BCUT2D eigenvalue weighted by Crippen LogP contribution is -2.16. The van der Waals surface area contributed by atoms with Crippen molar-refractivity contribution in [3.8, 4) is 5.69 Å². The number of fused-ring (bicyclic) bond motifs is 1. The van der Waals surface area contributed by atoms with Crippen LogP contribution in [0.25, 0.3) is 16.7 Å². The molecule has 3 rings (SSSR count). The average Bonchev–Trinajstić information content (AvgIpc) is 2.97. The summed E-state index contributed by atoms with van der Waals surface area (Å²) in [6.45, 7) is 3.72. The maximum atomic E-state index is 12.1. The zero-order valence-corrected chi connectivity index (χ0v) is 12.2. The van der Waals surface area contributed by atoms with E-state index in [9.17, 15) is 4.79 Å². The third-order valence-electron chi connectivity index (χ3n) is 3.18. The number of H-pyrrole nitrogens is 1. The maximum Gasteiger partial charge on any atom is 0.263 e. The topological polar surface area (TPSA) is 84.8 Å². The monoisotopic (exact) mass is 299 g/mol. The van der Waals surface area contributed by atoms with Gasteiger partial charge in [-0.15, -0.1) is 0 Å². The number of ether oxygens (including phenoxy) is 1. The molecule has 0 bridgehead atoms. The standard InChI is InChI=1S/C15H17N5O2/c1-2-22-9-8-16-15-18-13-12(14(21)19-15)10-17-20(13)11-6-4-3-5-7-11/h3-7,10H,2,8-9H2,1H3,(H2,16,18,19,21). The van der Waals surface area contributed by atoms with Crippen molar-refractivity contribution in [1.82, 2.24) is 19.7 Å². The molecule has 1 aromatic carbocycles. The Morgan fingerprint density at radius 1 is 1.32 bits per heavy atom. The highest BCUT2D eigenvalue weighted by Crippen LogP contribution is 2.14. The van der Waals surface area contributed by atoms with Crippen molar-refractivity contribution in [2.45, 2.75) is 6.92 Å². The van der Waals surface area contributed by atoms with Crippen molar-refractivity contribution in [2.24, 2.45) is 0 Å². The van der Waals surface area contributed by atoms with E-state index in [1.165, 1.54) is 6.20 Å². The van der Waals surface area contributed by atoms with Crippen molar-refractivity contribution in [2.75, 3.05) is 25.1 Å². The van der Waals surface area contributed by atoms with Crippen LogP contribution in [-0.4, -0.2) is 39.5 Å². The van der Waals surface area contributed by atoms with Gasteiger partial charge in [-0.1, -0.05) is 18.2 Å². The molecule has 0 atom stereocenters. The van der Waals surface area contributed by atoms with E-state index < -0.39 is 0 Å². The summed E-state index contributed by atoms with van der Waals surface area (Å²) in [4.78, 5) is 19.3. The summed E-state index contributed by atoms with van der Waals surface area (Å²) >= 11 is 0. The number of rotatable bonds is 6. The van der Waals surface area contributed by atoms with Gasteiger partial charge in [0.15, 0.2) is 5.65 Å². The molecule has 3 aromatic rings. The third-order valence-corrected chi connectivity index (χ3v) is 3.18. The van der Waals surface area contributed by atoms with Gasteiger partial charge < -0.3 is 10.1 Å². The van der Waals surface area contributed by atoms with Gasteiger partial charge in [0.1, 0.15) is 5.39 Å². The number of hydrogen-bond acceptors (Lipinski definition) is 5. The normalized spacial score (nSPS) is 11.0. The van der Waals surface area contributed by atoms with Gasteiger partial charge in [-0.05, 0) is 19.1 Å². The molecule has 0 saturated carbocycles. The van der Waals surface area contributed by atoms with Crippen LogP contribution in [0.5, 0.6) is 0 Å². The minimum absolute atomic E-state index is 0.217. The quantitative estimate of drug-likeness (QED) is 0.675. The molecule has 0 fully saturated rings. The summed E-state index contributed by atoms with van der Waals surface area (Å²) in [6.07, 6.45) is 1.53. The van der Waals surface area contributed by atoms with E-state index in [1.807, 2.05) is 37.3 Å². The molecule has 0 amide bonds. The second-order valence-corrected chi connectivity index (χ2v) is 4.67. The molecule has 22 heavy (non-hydrogen) atoms. The summed E-state index contributed by atoms with van der Waals surface area (Å²) in [5, 5.41) is 7.76. The first-order valence-corrected chi connectivity index (χ1v) is 7.14. The van der Waals surface area contributed by atoms with Gasteiger partial charge in [-0.25, -0.2) is 4.68 Å². The van der Waals surface area contributed by atoms with Crippen LogP contribution in [0.3, 0.4) is 0 Å². The van der Waals surface area contributed by atoms with E-state index in [4.69, 9.17) is 4.74 Å². The van der Waals surface area contributed by atoms with Crippen LogP contribution in [0, 0.1) is 0 Å². The lowest BCUT2D eigenvalue weighted by Gasteiger charge is -2.06. The van der Waals surface area contributed by atoms with Crippen LogP contribution in [-0.2, 0) is 4.74 Å². The van der Waals surface area contributed by atoms with Crippen LogP contribution in [0.15, 0.2) is 41.3 Å². The first-order chi connectivity index (χ1) is 10.8. The highest BCUT2D eigenvalue weighted by atomic mass is 16.5. The number of anilines is 1. The molecule has 7 nitrogen and oxygen atoms in total. The summed E-state index contributed by atoms with van der Waals surface area (Å²) in [5.74, 6) is 0.412. The number of aromatic nitrogens is 4. The van der Waals surface area contributed by atoms with Crippen LogP contribution < -0.4 is 10.9 Å². The summed E-state index contributed by atoms with van der Waals surface area (Å²) < 4.78 is 6.90. The number of aromatic amines is 1. The minimum Gasteiger partial charge on any atom is -0.380 e. The largest absolute Gasteiger partial charge is 0.380 e. The van der Waals surface area contributed by atoms with Crippen LogP contribution >= 0.6 is 0 Å². The molecule has 0 aliphatic rings. The van der Waals surface area contributed by atoms with E-state index in [0.29, 0.717) is 36.7 Å². The number of hydrogen-bond donors (Lipinski definition) is 2. The van der Waals surface area contributed by atoms with Gasteiger partial charge in [0, 0.05) is 13.2 Å². The molecule has 0 aliphatic carbocycles. The fraction of sp³-hybridized carbons (Fsp3) is 0.267. The predicted octanol–water partition coefficient (Wildman–Crippen LogP) is 1.56. The molecule has 2 aromatic heterocycles. The first-order valence-electron chi connectivity index (χ1n) is 7.14. The Morgan fingerprint density at radius 2 is 2.14 bits per heavy atom. The van der Waals surface area contributed by atoms with Crippen molar-refractivity contribution < 1.29 is 4.74 Å². The minimum atomic E-state index is -0.217. The van der Waals surface area contributed by atoms with Gasteiger partial charge in [-0.3, -0.25) is 9.78 Å². The van der Waals surface area contributed by atoms with E-state index in [2.05, 4.69) is 20.4 Å². The average molecular weight is 299 g/mol. The van der Waals surface area contributed by atoms with Gasteiger partial charge in [0.05, 0.1) is 18.5 Å². The molecular formula is C15H17N5O2. The lowest BCUT2D eigenvalue weighted by atomic mass is 10.3. The molecular weight excluding hydrogens is 282 g/mol. The molecule has 0 spiro atoms. The lowest BCUT2D eigenvalue weighted by molar-refractivity contribution is 0.158. The summed E-state index contributed by atoms with van der Waals surface area (Å²) in [6, 6.07) is 9.58. The number of nitrogens with one attached hydrogen (secondary N) is 2. The maximum absolute atomic E-state index is 12.1. The molecule has 0 radical (unpaired) electrons. The Kier molecular flexibility index (Phi) is 4.15. The second kappa shape index (κ2) is 6.40.